The van der Waals surface area contributed by atoms with E-state index in [0.717, 1.165) is 0 Å². The summed E-state index contributed by atoms with van der Waals surface area (Å²) in [4.78, 5) is 0. The first-order valence-corrected chi connectivity index (χ1v) is 0. The van der Waals surface area contributed by atoms with Gasteiger partial charge in [0, 0.05) is 0 Å². The van der Waals surface area contributed by atoms with E-state index in [1.54, 1.807) is 0 Å². The van der Waals surface area contributed by atoms with Gasteiger partial charge in [0.2, 0.25) is 0 Å². The van der Waals surface area contributed by atoms with E-state index in [-0.39, 0.29) is 70.6 Å². The van der Waals surface area contributed by atoms with E-state index in [4.69, 9.17) is 0 Å². The molecule has 0 saturated carbocycles. The van der Waals surface area contributed by atoms with Crippen molar-refractivity contribution >= 4 is 39.9 Å². The summed E-state index contributed by atoms with van der Waals surface area (Å²) >= 11 is 0. The van der Waals surface area contributed by atoms with Crippen LogP contribution >= 0.6 is 0 Å². The van der Waals surface area contributed by atoms with E-state index in [1.807, 2.05) is 0 Å². The van der Waals surface area contributed by atoms with Gasteiger partial charge in [-0.3, -0.25) is 0 Å². The first-order valence-electron chi connectivity index (χ1n) is 0. The summed E-state index contributed by atoms with van der Waals surface area (Å²) < 4.78 is 0. The van der Waals surface area contributed by atoms with Crippen LogP contribution in [-0.2, 0) is 0 Å². The van der Waals surface area contributed by atoms with E-state index >= 15 is 0 Å². The summed E-state index contributed by atoms with van der Waals surface area (Å²) in [5.74, 6) is 0. The molecule has 0 amide bonds. The molecule has 8 heteroatoms. The zero-order valence-corrected chi connectivity index (χ0v) is 5.66. The SMILES string of the molecule is N.N.N.N.N.[BH4-].[BH4-].[Mg+2]. The van der Waals surface area contributed by atoms with Crippen molar-refractivity contribution in [2.45, 2.75) is 0 Å². The molecular weight excluding hydrogens is 116 g/mol. The third-order valence-electron chi connectivity index (χ3n) is 0. The molecule has 0 rings (SSSR count). The molecule has 0 aliphatic rings. The topological polar surface area (TPSA) is 175 Å². The fraction of sp³-hybridized carbons (Fsp3) is 0. The molecular formula is H23B2MgN5. The molecule has 0 aromatic heterocycles. The minimum Gasteiger partial charge on any atom is -0.344 e. The Bertz CT molecular complexity index is 10.4. The maximum Gasteiger partial charge on any atom is 2.00 e. The average Bonchev–Trinajstić information content (AvgIpc) is 0. The van der Waals surface area contributed by atoms with Gasteiger partial charge in [0.05, 0.1) is 0 Å². The Hall–Kier alpha value is 0.696. The Morgan fingerprint density at radius 3 is 0.375 bits per heavy atom. The van der Waals surface area contributed by atoms with E-state index in [2.05, 4.69) is 0 Å². The molecule has 0 bridgehead atoms. The Labute approximate surface area is 71.0 Å². The van der Waals surface area contributed by atoms with E-state index < -0.39 is 0 Å². The van der Waals surface area contributed by atoms with Crippen molar-refractivity contribution in [1.82, 2.24) is 30.8 Å². The molecule has 0 aliphatic heterocycles. The first kappa shape index (κ1) is 1060. The number of hydrogen-bond donors (Lipinski definition) is 5. The molecule has 0 aromatic rings. The Kier molecular flexibility index (Phi) is 94600. The summed E-state index contributed by atoms with van der Waals surface area (Å²) in [5, 5.41) is 0. The van der Waals surface area contributed by atoms with E-state index in [1.165, 1.54) is 0 Å². The van der Waals surface area contributed by atoms with Gasteiger partial charge in [-0.2, -0.15) is 0 Å². The zero-order valence-electron chi connectivity index (χ0n) is 4.24. The van der Waals surface area contributed by atoms with Crippen molar-refractivity contribution in [2.75, 3.05) is 0 Å². The number of rotatable bonds is 0. The molecule has 15 N–H and O–H groups in total. The first-order chi connectivity index (χ1) is 0. The summed E-state index contributed by atoms with van der Waals surface area (Å²) in [7, 11) is 0. The monoisotopic (exact) mass is 139 g/mol. The van der Waals surface area contributed by atoms with Crippen LogP contribution in [0.2, 0.25) is 0 Å². The van der Waals surface area contributed by atoms with Crippen LogP contribution in [0.25, 0.3) is 0 Å². The molecule has 0 fully saturated rings. The number of hydrogen-bond acceptors (Lipinski definition) is 5. The molecule has 0 aliphatic carbocycles. The second kappa shape index (κ2) is 712. The van der Waals surface area contributed by atoms with Crippen molar-refractivity contribution in [1.29, 1.82) is 0 Å². The van der Waals surface area contributed by atoms with Gasteiger partial charge in [0.1, 0.15) is 0 Å². The van der Waals surface area contributed by atoms with Gasteiger partial charge < -0.3 is 30.8 Å². The van der Waals surface area contributed by atoms with Crippen LogP contribution in [0.15, 0.2) is 0 Å². The molecule has 8 heavy (non-hydrogen) atoms. The van der Waals surface area contributed by atoms with Crippen LogP contribution in [0.5, 0.6) is 0 Å². The third kappa shape index (κ3) is 448. The van der Waals surface area contributed by atoms with Gasteiger partial charge in [0.15, 0.2) is 0 Å². The normalized spacial score (nSPS) is 0. The van der Waals surface area contributed by atoms with Crippen molar-refractivity contribution in [3.63, 3.8) is 0 Å². The fourth-order valence-electron chi connectivity index (χ4n) is 0. The molecule has 0 atom stereocenters. The second-order valence-electron chi connectivity index (χ2n) is 0. The zero-order chi connectivity index (χ0) is 0. The minimum atomic E-state index is 0. The van der Waals surface area contributed by atoms with Crippen LogP contribution < -0.4 is 30.8 Å². The Morgan fingerprint density at radius 1 is 0.375 bits per heavy atom. The molecule has 0 radical (unpaired) electrons. The summed E-state index contributed by atoms with van der Waals surface area (Å²) in [5.41, 5.74) is 0. The Balaban J connectivity index is 0. The predicted octanol–water partition coefficient (Wildman–Crippen LogP) is -2.47. The maximum absolute atomic E-state index is 0. The van der Waals surface area contributed by atoms with Gasteiger partial charge >= 0.3 is 23.1 Å². The summed E-state index contributed by atoms with van der Waals surface area (Å²) in [6.07, 6.45) is 0. The molecule has 56 valence electrons. The smallest absolute Gasteiger partial charge is 0.344 e. The van der Waals surface area contributed by atoms with Crippen molar-refractivity contribution in [2.24, 2.45) is 0 Å². The van der Waals surface area contributed by atoms with Gasteiger partial charge in [-0.1, -0.05) is 16.8 Å². The third-order valence-corrected chi connectivity index (χ3v) is 0. The summed E-state index contributed by atoms with van der Waals surface area (Å²) in [6, 6.07) is 0. The van der Waals surface area contributed by atoms with Crippen LogP contribution in [-0.4, -0.2) is 39.9 Å². The molecule has 0 heterocycles. The van der Waals surface area contributed by atoms with Gasteiger partial charge in [-0.15, -0.1) is 0 Å². The predicted molar refractivity (Wildman–Crippen MR) is 53.5 cm³/mol. The quantitative estimate of drug-likeness (QED) is 0.233. The van der Waals surface area contributed by atoms with Crippen molar-refractivity contribution < 1.29 is 0 Å². The van der Waals surface area contributed by atoms with E-state index in [9.17, 15) is 0 Å². The van der Waals surface area contributed by atoms with Crippen molar-refractivity contribution in [3.05, 3.63) is 0 Å². The maximum atomic E-state index is 0. The van der Waals surface area contributed by atoms with Crippen LogP contribution in [0.3, 0.4) is 0 Å². The minimum absolute atomic E-state index is 0. The van der Waals surface area contributed by atoms with Crippen LogP contribution in [0.4, 0.5) is 0 Å². The van der Waals surface area contributed by atoms with Gasteiger partial charge in [-0.05, 0) is 0 Å². The average molecular weight is 139 g/mol. The largest absolute Gasteiger partial charge is 2.00 e. The molecule has 0 saturated heterocycles. The van der Waals surface area contributed by atoms with E-state index in [0.29, 0.717) is 0 Å². The standard InChI is InChI=1S/2BH4.Mg.5H3N/h2*1H4;;5*1H3/q2*-1;+2;;;;;. The molecule has 0 unspecified atom stereocenters. The molecule has 0 spiro atoms. The van der Waals surface area contributed by atoms with Gasteiger partial charge in [0.25, 0.3) is 0 Å². The fourth-order valence-corrected chi connectivity index (χ4v) is 0. The Morgan fingerprint density at radius 2 is 0.375 bits per heavy atom. The van der Waals surface area contributed by atoms with Crippen molar-refractivity contribution in [3.8, 4) is 0 Å². The van der Waals surface area contributed by atoms with Gasteiger partial charge in [-0.25, -0.2) is 0 Å². The molecule has 5 nitrogen and oxygen atoms in total. The van der Waals surface area contributed by atoms with Crippen LogP contribution in [0.1, 0.15) is 0 Å². The second-order valence-corrected chi connectivity index (χ2v) is 0. The van der Waals surface area contributed by atoms with Crippen LogP contribution in [0, 0.1) is 0 Å². The molecule has 0 aromatic carbocycles. The summed E-state index contributed by atoms with van der Waals surface area (Å²) in [6.45, 7) is 0.